The molecule has 0 aliphatic carbocycles. The molecule has 0 bridgehead atoms. The zero-order valence-corrected chi connectivity index (χ0v) is 15.5. The predicted octanol–water partition coefficient (Wildman–Crippen LogP) is 4.90. The van der Waals surface area contributed by atoms with Gasteiger partial charge in [-0.25, -0.2) is 9.97 Å². The van der Waals surface area contributed by atoms with Crippen LogP contribution in [0.1, 0.15) is 12.6 Å². The zero-order valence-electron chi connectivity index (χ0n) is 11.6. The van der Waals surface area contributed by atoms with Crippen molar-refractivity contribution in [3.63, 3.8) is 0 Å². The maximum Gasteiger partial charge on any atom is 0.163 e. The lowest BCUT2D eigenvalue weighted by Crippen LogP contribution is -2.07. The molecule has 2 aromatic rings. The number of nitrogens with zero attached hydrogens (tertiary/aromatic N) is 2. The SMILES string of the molecule is CCNc1nc(-c2cc(Br)ccc2Cl)nc(COC)c1Br. The molecule has 0 unspecified atom stereocenters. The lowest BCUT2D eigenvalue weighted by molar-refractivity contribution is 0.181. The van der Waals surface area contributed by atoms with Crippen LogP contribution < -0.4 is 5.32 Å². The molecule has 0 amide bonds. The second-order valence-electron chi connectivity index (χ2n) is 4.24. The average Bonchev–Trinajstić information content (AvgIpc) is 2.46. The van der Waals surface area contributed by atoms with E-state index >= 15 is 0 Å². The number of nitrogens with one attached hydrogen (secondary N) is 1. The Morgan fingerprint density at radius 2 is 2.05 bits per heavy atom. The van der Waals surface area contributed by atoms with Crippen LogP contribution in [0.15, 0.2) is 27.1 Å². The number of ether oxygens (including phenoxy) is 1. The molecule has 0 aliphatic rings. The number of hydrogen-bond acceptors (Lipinski definition) is 4. The first-order valence-electron chi connectivity index (χ1n) is 6.31. The number of hydrogen-bond donors (Lipinski definition) is 1. The molecule has 0 saturated carbocycles. The van der Waals surface area contributed by atoms with Gasteiger partial charge in [-0.15, -0.1) is 0 Å². The largest absolute Gasteiger partial charge is 0.378 e. The van der Waals surface area contributed by atoms with E-state index < -0.39 is 0 Å². The van der Waals surface area contributed by atoms with E-state index in [1.807, 2.05) is 25.1 Å². The van der Waals surface area contributed by atoms with Crippen LogP contribution in [-0.4, -0.2) is 23.6 Å². The van der Waals surface area contributed by atoms with E-state index in [-0.39, 0.29) is 0 Å². The van der Waals surface area contributed by atoms with Gasteiger partial charge >= 0.3 is 0 Å². The highest BCUT2D eigenvalue weighted by Gasteiger charge is 2.15. The summed E-state index contributed by atoms with van der Waals surface area (Å²) >= 11 is 13.2. The summed E-state index contributed by atoms with van der Waals surface area (Å²) in [6.07, 6.45) is 0. The summed E-state index contributed by atoms with van der Waals surface area (Å²) < 4.78 is 6.93. The molecule has 112 valence electrons. The molecule has 0 aliphatic heterocycles. The summed E-state index contributed by atoms with van der Waals surface area (Å²) in [5.41, 5.74) is 1.55. The summed E-state index contributed by atoms with van der Waals surface area (Å²) in [4.78, 5) is 9.10. The van der Waals surface area contributed by atoms with E-state index in [9.17, 15) is 0 Å². The van der Waals surface area contributed by atoms with Gasteiger partial charge in [0.2, 0.25) is 0 Å². The van der Waals surface area contributed by atoms with Crippen LogP contribution in [0.2, 0.25) is 5.02 Å². The molecule has 4 nitrogen and oxygen atoms in total. The standard InChI is InChI=1S/C14H14Br2ClN3O/c1-3-18-14-12(16)11(7-21-2)19-13(20-14)9-6-8(15)4-5-10(9)17/h4-6H,3,7H2,1-2H3,(H,18,19,20). The number of rotatable bonds is 5. The van der Waals surface area contributed by atoms with Gasteiger partial charge in [0.1, 0.15) is 5.82 Å². The van der Waals surface area contributed by atoms with Crippen LogP contribution in [0.4, 0.5) is 5.82 Å². The molecule has 0 saturated heterocycles. The highest BCUT2D eigenvalue weighted by molar-refractivity contribution is 9.11. The maximum absolute atomic E-state index is 6.27. The van der Waals surface area contributed by atoms with E-state index in [2.05, 4.69) is 47.1 Å². The summed E-state index contributed by atoms with van der Waals surface area (Å²) in [5, 5.41) is 3.81. The van der Waals surface area contributed by atoms with E-state index in [4.69, 9.17) is 16.3 Å². The Hall–Kier alpha value is -0.690. The molecule has 0 radical (unpaired) electrons. The Bertz CT molecular complexity index is 625. The van der Waals surface area contributed by atoms with Crippen LogP contribution in [0, 0.1) is 0 Å². The van der Waals surface area contributed by atoms with Crippen molar-refractivity contribution in [3.05, 3.63) is 37.9 Å². The second kappa shape index (κ2) is 7.54. The fourth-order valence-electron chi connectivity index (χ4n) is 1.80. The van der Waals surface area contributed by atoms with Crippen molar-refractivity contribution in [1.82, 2.24) is 9.97 Å². The van der Waals surface area contributed by atoms with E-state index in [1.165, 1.54) is 0 Å². The third-order valence-corrected chi connectivity index (χ3v) is 4.37. The first-order valence-corrected chi connectivity index (χ1v) is 8.27. The van der Waals surface area contributed by atoms with E-state index in [0.29, 0.717) is 17.5 Å². The van der Waals surface area contributed by atoms with Crippen molar-refractivity contribution in [2.24, 2.45) is 0 Å². The minimum Gasteiger partial charge on any atom is -0.378 e. The average molecular weight is 436 g/mol. The molecule has 0 atom stereocenters. The Morgan fingerprint density at radius 3 is 2.71 bits per heavy atom. The first kappa shape index (κ1) is 16.7. The molecule has 1 aromatic carbocycles. The van der Waals surface area contributed by atoms with Crippen molar-refractivity contribution in [1.29, 1.82) is 0 Å². The van der Waals surface area contributed by atoms with Gasteiger partial charge in [-0.2, -0.15) is 0 Å². The van der Waals surface area contributed by atoms with Gasteiger partial charge in [0.25, 0.3) is 0 Å². The smallest absolute Gasteiger partial charge is 0.163 e. The van der Waals surface area contributed by atoms with Crippen LogP contribution in [0.3, 0.4) is 0 Å². The first-order chi connectivity index (χ1) is 10.1. The molecule has 1 aromatic heterocycles. The minimum atomic E-state index is 0.389. The van der Waals surface area contributed by atoms with E-state index in [0.717, 1.165) is 32.6 Å². The molecule has 0 fully saturated rings. The maximum atomic E-state index is 6.27. The van der Waals surface area contributed by atoms with Gasteiger partial charge < -0.3 is 10.1 Å². The molecule has 7 heteroatoms. The van der Waals surface area contributed by atoms with Gasteiger partial charge in [-0.3, -0.25) is 0 Å². The summed E-state index contributed by atoms with van der Waals surface area (Å²) in [6, 6.07) is 5.60. The van der Waals surface area contributed by atoms with Crippen molar-refractivity contribution in [2.75, 3.05) is 19.0 Å². The minimum absolute atomic E-state index is 0.389. The number of aromatic nitrogens is 2. The fourth-order valence-corrected chi connectivity index (χ4v) is 2.79. The lowest BCUT2D eigenvalue weighted by atomic mass is 10.2. The zero-order chi connectivity index (χ0) is 15.4. The molecule has 0 spiro atoms. The highest BCUT2D eigenvalue weighted by atomic mass is 79.9. The van der Waals surface area contributed by atoms with Crippen LogP contribution in [0.25, 0.3) is 11.4 Å². The summed E-state index contributed by atoms with van der Waals surface area (Å²) in [5.74, 6) is 1.29. The molecule has 1 heterocycles. The fraction of sp³-hybridized carbons (Fsp3) is 0.286. The van der Waals surface area contributed by atoms with Gasteiger partial charge in [-0.05, 0) is 41.1 Å². The van der Waals surface area contributed by atoms with Gasteiger partial charge in [0.05, 0.1) is 21.8 Å². The quantitative estimate of drug-likeness (QED) is 0.726. The van der Waals surface area contributed by atoms with Crippen LogP contribution >= 0.6 is 43.5 Å². The molecular weight excluding hydrogens is 421 g/mol. The summed E-state index contributed by atoms with van der Waals surface area (Å²) in [7, 11) is 1.63. The second-order valence-corrected chi connectivity index (χ2v) is 6.36. The van der Waals surface area contributed by atoms with E-state index in [1.54, 1.807) is 7.11 Å². The lowest BCUT2D eigenvalue weighted by Gasteiger charge is -2.12. The van der Waals surface area contributed by atoms with Crippen molar-refractivity contribution in [3.8, 4) is 11.4 Å². The van der Waals surface area contributed by atoms with Gasteiger partial charge in [0.15, 0.2) is 5.82 Å². The monoisotopic (exact) mass is 433 g/mol. The molecule has 1 N–H and O–H groups in total. The van der Waals surface area contributed by atoms with Crippen LogP contribution in [0.5, 0.6) is 0 Å². The molecular formula is C14H14Br2ClN3O. The summed E-state index contributed by atoms with van der Waals surface area (Å²) in [6.45, 7) is 3.16. The Morgan fingerprint density at radius 1 is 1.29 bits per heavy atom. The third kappa shape index (κ3) is 3.94. The van der Waals surface area contributed by atoms with Crippen molar-refractivity contribution >= 4 is 49.3 Å². The van der Waals surface area contributed by atoms with Crippen molar-refractivity contribution < 1.29 is 4.74 Å². The molecule has 21 heavy (non-hydrogen) atoms. The van der Waals surface area contributed by atoms with Crippen molar-refractivity contribution in [2.45, 2.75) is 13.5 Å². The highest BCUT2D eigenvalue weighted by Crippen LogP contribution is 2.32. The Balaban J connectivity index is 2.59. The predicted molar refractivity (Wildman–Crippen MR) is 92.8 cm³/mol. The third-order valence-electron chi connectivity index (χ3n) is 2.71. The number of methoxy groups -OCH3 is 1. The molecule has 2 rings (SSSR count). The van der Waals surface area contributed by atoms with Crippen LogP contribution in [-0.2, 0) is 11.3 Å². The van der Waals surface area contributed by atoms with Gasteiger partial charge in [-0.1, -0.05) is 27.5 Å². The Kier molecular flexibility index (Phi) is 5.98. The Labute approximate surface area is 145 Å². The topological polar surface area (TPSA) is 47.0 Å². The number of anilines is 1. The number of halogens is 3. The normalized spacial score (nSPS) is 10.7. The number of benzene rings is 1. The van der Waals surface area contributed by atoms with Gasteiger partial charge in [0, 0.05) is 23.7 Å².